The van der Waals surface area contributed by atoms with Crippen LogP contribution in [0.25, 0.3) is 17.1 Å². The molecule has 1 aromatic heterocycles. The quantitative estimate of drug-likeness (QED) is 0.761. The molecule has 0 aliphatic carbocycles. The van der Waals surface area contributed by atoms with Crippen molar-refractivity contribution in [3.8, 4) is 17.1 Å². The van der Waals surface area contributed by atoms with E-state index in [-0.39, 0.29) is 5.69 Å². The Morgan fingerprint density at radius 2 is 1.84 bits per heavy atom. The van der Waals surface area contributed by atoms with Crippen molar-refractivity contribution in [1.82, 2.24) is 14.8 Å². The van der Waals surface area contributed by atoms with Crippen LogP contribution in [0.15, 0.2) is 59.4 Å². The highest BCUT2D eigenvalue weighted by atomic mass is 16.1. The molecule has 0 bridgehead atoms. The van der Waals surface area contributed by atoms with Crippen LogP contribution >= 0.6 is 0 Å². The van der Waals surface area contributed by atoms with E-state index in [2.05, 4.69) is 10.2 Å². The number of benzene rings is 2. The Bertz CT molecular complexity index is 756. The van der Waals surface area contributed by atoms with Crippen LogP contribution in [0.4, 0.5) is 0 Å². The summed E-state index contributed by atoms with van der Waals surface area (Å²) in [5.74, 6) is 0.625. The van der Waals surface area contributed by atoms with Gasteiger partial charge in [-0.2, -0.15) is 5.10 Å². The summed E-state index contributed by atoms with van der Waals surface area (Å²) in [4.78, 5) is 11.9. The maximum atomic E-state index is 11.9. The summed E-state index contributed by atoms with van der Waals surface area (Å²) in [5.41, 5.74) is 2.62. The van der Waals surface area contributed by atoms with Gasteiger partial charge in [0.2, 0.25) is 0 Å². The summed E-state index contributed by atoms with van der Waals surface area (Å²) in [6.07, 6.45) is 0. The molecule has 19 heavy (non-hydrogen) atoms. The van der Waals surface area contributed by atoms with Crippen molar-refractivity contribution >= 4 is 0 Å². The number of rotatable bonds is 2. The SMILES string of the molecule is Cc1cccc(-c2n[nH]c(=O)n2-c2ccccc2)c1. The molecule has 0 fully saturated rings. The summed E-state index contributed by atoms with van der Waals surface area (Å²) >= 11 is 0. The number of para-hydroxylation sites is 1. The molecule has 0 atom stereocenters. The molecule has 0 radical (unpaired) electrons. The van der Waals surface area contributed by atoms with Gasteiger partial charge in [0.25, 0.3) is 0 Å². The van der Waals surface area contributed by atoms with E-state index >= 15 is 0 Å². The second kappa shape index (κ2) is 4.57. The number of aromatic nitrogens is 3. The summed E-state index contributed by atoms with van der Waals surface area (Å²) in [7, 11) is 0. The normalized spacial score (nSPS) is 10.6. The largest absolute Gasteiger partial charge is 0.348 e. The zero-order chi connectivity index (χ0) is 13.2. The first-order valence-electron chi connectivity index (χ1n) is 6.05. The molecule has 3 aromatic rings. The fourth-order valence-electron chi connectivity index (χ4n) is 2.09. The van der Waals surface area contributed by atoms with Gasteiger partial charge >= 0.3 is 5.69 Å². The molecule has 2 aromatic carbocycles. The molecule has 0 amide bonds. The minimum absolute atomic E-state index is 0.234. The van der Waals surface area contributed by atoms with Gasteiger partial charge in [0.15, 0.2) is 5.82 Å². The van der Waals surface area contributed by atoms with Crippen molar-refractivity contribution in [3.63, 3.8) is 0 Å². The van der Waals surface area contributed by atoms with E-state index in [4.69, 9.17) is 0 Å². The van der Waals surface area contributed by atoms with Crippen LogP contribution < -0.4 is 5.69 Å². The second-order valence-corrected chi connectivity index (χ2v) is 4.39. The Kier molecular flexibility index (Phi) is 2.76. The predicted octanol–water partition coefficient (Wildman–Crippen LogP) is 2.54. The molecule has 4 nitrogen and oxygen atoms in total. The summed E-state index contributed by atoms with van der Waals surface area (Å²) in [5, 5.41) is 6.64. The fourth-order valence-corrected chi connectivity index (χ4v) is 2.09. The topological polar surface area (TPSA) is 50.7 Å². The molecule has 0 aliphatic rings. The lowest BCUT2D eigenvalue weighted by Gasteiger charge is -2.06. The van der Waals surface area contributed by atoms with E-state index in [0.717, 1.165) is 16.8 Å². The Morgan fingerprint density at radius 3 is 2.58 bits per heavy atom. The van der Waals surface area contributed by atoms with Gasteiger partial charge in [0.1, 0.15) is 0 Å². The van der Waals surface area contributed by atoms with E-state index in [1.165, 1.54) is 0 Å². The molecule has 4 heteroatoms. The number of nitrogens with one attached hydrogen (secondary N) is 1. The third-order valence-electron chi connectivity index (χ3n) is 2.96. The maximum absolute atomic E-state index is 11.9. The van der Waals surface area contributed by atoms with Gasteiger partial charge in [-0.05, 0) is 25.1 Å². The lowest BCUT2D eigenvalue weighted by molar-refractivity contribution is 0.985. The minimum atomic E-state index is -0.234. The van der Waals surface area contributed by atoms with Gasteiger partial charge < -0.3 is 0 Å². The van der Waals surface area contributed by atoms with Crippen LogP contribution in [0.3, 0.4) is 0 Å². The molecule has 94 valence electrons. The van der Waals surface area contributed by atoms with E-state index in [9.17, 15) is 4.79 Å². The molecule has 0 spiro atoms. The zero-order valence-corrected chi connectivity index (χ0v) is 10.5. The van der Waals surface area contributed by atoms with Gasteiger partial charge in [-0.1, -0.05) is 42.0 Å². The highest BCUT2D eigenvalue weighted by Crippen LogP contribution is 2.19. The third-order valence-corrected chi connectivity index (χ3v) is 2.96. The van der Waals surface area contributed by atoms with Crippen molar-refractivity contribution in [1.29, 1.82) is 0 Å². The van der Waals surface area contributed by atoms with Crippen molar-refractivity contribution in [2.75, 3.05) is 0 Å². The molecule has 0 unspecified atom stereocenters. The Labute approximate surface area is 110 Å². The molecule has 1 heterocycles. The van der Waals surface area contributed by atoms with Crippen molar-refractivity contribution in [3.05, 3.63) is 70.6 Å². The predicted molar refractivity (Wildman–Crippen MR) is 74.4 cm³/mol. The van der Waals surface area contributed by atoms with E-state index in [1.807, 2.05) is 61.5 Å². The Morgan fingerprint density at radius 1 is 1.05 bits per heavy atom. The zero-order valence-electron chi connectivity index (χ0n) is 10.5. The smallest absolute Gasteiger partial charge is 0.246 e. The van der Waals surface area contributed by atoms with Crippen LogP contribution in [0.5, 0.6) is 0 Å². The van der Waals surface area contributed by atoms with Crippen molar-refractivity contribution in [2.24, 2.45) is 0 Å². The van der Waals surface area contributed by atoms with Crippen LogP contribution in [-0.2, 0) is 0 Å². The molecule has 0 aliphatic heterocycles. The maximum Gasteiger partial charge on any atom is 0.348 e. The standard InChI is InChI=1S/C15H13N3O/c1-11-6-5-7-12(10-11)14-16-17-15(19)18(14)13-8-3-2-4-9-13/h2-10H,1H3,(H,17,19). The first kappa shape index (κ1) is 11.5. The van der Waals surface area contributed by atoms with Gasteiger partial charge in [0.05, 0.1) is 5.69 Å². The first-order valence-corrected chi connectivity index (χ1v) is 6.05. The molecular weight excluding hydrogens is 238 g/mol. The second-order valence-electron chi connectivity index (χ2n) is 4.39. The number of H-pyrrole nitrogens is 1. The Hall–Kier alpha value is -2.62. The molecule has 0 saturated carbocycles. The van der Waals surface area contributed by atoms with E-state index in [0.29, 0.717) is 5.82 Å². The lowest BCUT2D eigenvalue weighted by Crippen LogP contribution is -2.15. The number of nitrogens with zero attached hydrogens (tertiary/aromatic N) is 2. The van der Waals surface area contributed by atoms with Gasteiger partial charge in [0, 0.05) is 5.56 Å². The van der Waals surface area contributed by atoms with Crippen molar-refractivity contribution < 1.29 is 0 Å². The van der Waals surface area contributed by atoms with E-state index in [1.54, 1.807) is 4.57 Å². The average Bonchev–Trinajstić information content (AvgIpc) is 2.82. The van der Waals surface area contributed by atoms with Crippen molar-refractivity contribution in [2.45, 2.75) is 6.92 Å². The van der Waals surface area contributed by atoms with Crippen LogP contribution in [0, 0.1) is 6.92 Å². The molecule has 0 saturated heterocycles. The van der Waals surface area contributed by atoms with Crippen LogP contribution in [-0.4, -0.2) is 14.8 Å². The van der Waals surface area contributed by atoms with E-state index < -0.39 is 0 Å². The highest BCUT2D eigenvalue weighted by molar-refractivity contribution is 5.58. The number of aromatic amines is 1. The van der Waals surface area contributed by atoms with Gasteiger partial charge in [-0.3, -0.25) is 0 Å². The average molecular weight is 251 g/mol. The van der Waals surface area contributed by atoms with Gasteiger partial charge in [-0.15, -0.1) is 0 Å². The first-order chi connectivity index (χ1) is 9.25. The number of aryl methyl sites for hydroxylation is 1. The number of hydrogen-bond acceptors (Lipinski definition) is 2. The minimum Gasteiger partial charge on any atom is -0.246 e. The summed E-state index contributed by atoms with van der Waals surface area (Å²) in [6.45, 7) is 2.01. The third kappa shape index (κ3) is 2.08. The Balaban J connectivity index is 2.22. The van der Waals surface area contributed by atoms with Crippen LogP contribution in [0.1, 0.15) is 5.56 Å². The highest BCUT2D eigenvalue weighted by Gasteiger charge is 2.11. The monoisotopic (exact) mass is 251 g/mol. The summed E-state index contributed by atoms with van der Waals surface area (Å²) < 4.78 is 1.58. The fraction of sp³-hybridized carbons (Fsp3) is 0.0667. The molecule has 1 N–H and O–H groups in total. The number of hydrogen-bond donors (Lipinski definition) is 1. The van der Waals surface area contributed by atoms with Gasteiger partial charge in [-0.25, -0.2) is 14.5 Å². The molecule has 3 rings (SSSR count). The lowest BCUT2D eigenvalue weighted by atomic mass is 10.1. The van der Waals surface area contributed by atoms with Crippen LogP contribution in [0.2, 0.25) is 0 Å². The molecular formula is C15H13N3O. The summed E-state index contributed by atoms with van der Waals surface area (Å²) in [6, 6.07) is 17.4.